The summed E-state index contributed by atoms with van der Waals surface area (Å²) in [5, 5.41) is 19.9. The number of hydrogen-bond donors (Lipinski definition) is 2. The summed E-state index contributed by atoms with van der Waals surface area (Å²) < 4.78 is 2.49. The van der Waals surface area contributed by atoms with Gasteiger partial charge in [-0.15, -0.1) is 5.10 Å². The number of H-pyrrole nitrogens is 1. The van der Waals surface area contributed by atoms with Crippen LogP contribution in [-0.4, -0.2) is 55.6 Å². The Balaban J connectivity index is 0.000000166. The van der Waals surface area contributed by atoms with Gasteiger partial charge in [0.05, 0.1) is 11.1 Å². The third kappa shape index (κ3) is 4.94. The van der Waals surface area contributed by atoms with Gasteiger partial charge in [-0.3, -0.25) is 5.10 Å². The van der Waals surface area contributed by atoms with Gasteiger partial charge >= 0.3 is 5.97 Å². The Bertz CT molecular complexity index is 1140. The molecule has 1 fully saturated rings. The number of aromatic amines is 1. The van der Waals surface area contributed by atoms with Gasteiger partial charge in [0.15, 0.2) is 0 Å². The van der Waals surface area contributed by atoms with Gasteiger partial charge in [0.1, 0.15) is 5.52 Å². The van der Waals surface area contributed by atoms with Crippen molar-refractivity contribution < 1.29 is 9.90 Å². The standard InChI is InChI=1S/C17H24N2.C7H5N3O2/c1-2-3-11-18-12-9-16(10-13-18)19-14-8-15-6-4-5-7-17(15)19;11-7(12)4-1-2-5-6(3-4)9-10-8-5/h4-8,14,16H,2-3,9-13H2,1H3;1-3H,(H,11,12)(H,8,9,10). The number of nitrogens with one attached hydrogen (secondary N) is 1. The van der Waals surface area contributed by atoms with E-state index >= 15 is 0 Å². The van der Waals surface area contributed by atoms with E-state index < -0.39 is 5.97 Å². The molecule has 0 unspecified atom stereocenters. The second-order valence-corrected chi connectivity index (χ2v) is 8.06. The van der Waals surface area contributed by atoms with Gasteiger partial charge in [-0.05, 0) is 61.5 Å². The fourth-order valence-corrected chi connectivity index (χ4v) is 4.20. The summed E-state index contributed by atoms with van der Waals surface area (Å²) in [5.41, 5.74) is 2.92. The average molecular weight is 420 g/mol. The lowest BCUT2D eigenvalue weighted by atomic mass is 10.0. The third-order valence-electron chi connectivity index (χ3n) is 5.98. The Morgan fingerprint density at radius 1 is 1.16 bits per heavy atom. The number of carboxylic acid groups (broad SMARTS) is 1. The molecule has 2 N–H and O–H groups in total. The first kappa shape index (κ1) is 21.1. The first-order chi connectivity index (χ1) is 15.2. The molecule has 162 valence electrons. The number of benzene rings is 2. The zero-order valence-electron chi connectivity index (χ0n) is 17.9. The van der Waals surface area contributed by atoms with E-state index in [4.69, 9.17) is 5.11 Å². The van der Waals surface area contributed by atoms with Gasteiger partial charge in [-0.2, -0.15) is 0 Å². The maximum absolute atomic E-state index is 10.5. The number of piperidine rings is 1. The molecule has 1 saturated heterocycles. The molecule has 0 atom stereocenters. The van der Waals surface area contributed by atoms with Crippen LogP contribution in [0.3, 0.4) is 0 Å². The van der Waals surface area contributed by atoms with Crippen LogP contribution in [0.1, 0.15) is 49.0 Å². The smallest absolute Gasteiger partial charge is 0.335 e. The SMILES string of the molecule is CCCCN1CCC(n2ccc3ccccc32)CC1.O=C(O)c1ccc2[nH]nnc2c1. The van der Waals surface area contributed by atoms with Crippen molar-refractivity contribution in [3.05, 3.63) is 60.3 Å². The number of carbonyl (C=O) groups is 1. The molecule has 1 aliphatic rings. The van der Waals surface area contributed by atoms with Crippen molar-refractivity contribution in [2.75, 3.05) is 19.6 Å². The van der Waals surface area contributed by atoms with E-state index in [9.17, 15) is 4.79 Å². The molecule has 0 spiro atoms. The van der Waals surface area contributed by atoms with Gasteiger partial charge < -0.3 is 14.6 Å². The van der Waals surface area contributed by atoms with Crippen LogP contribution in [0, 0.1) is 0 Å². The topological polar surface area (TPSA) is 87.0 Å². The van der Waals surface area contributed by atoms with Crippen LogP contribution in [0.15, 0.2) is 54.7 Å². The molecule has 3 heterocycles. The highest BCUT2D eigenvalue weighted by molar-refractivity contribution is 5.91. The summed E-state index contributed by atoms with van der Waals surface area (Å²) in [6, 6.07) is 16.3. The number of likely N-dealkylation sites (tertiary alicyclic amines) is 1. The van der Waals surface area contributed by atoms with Crippen LogP contribution in [0.25, 0.3) is 21.9 Å². The van der Waals surface area contributed by atoms with E-state index in [1.807, 2.05) is 0 Å². The van der Waals surface area contributed by atoms with E-state index in [1.54, 1.807) is 6.07 Å². The zero-order chi connectivity index (χ0) is 21.6. The fraction of sp³-hybridized carbons (Fsp3) is 0.375. The minimum Gasteiger partial charge on any atom is -0.478 e. The largest absolute Gasteiger partial charge is 0.478 e. The Morgan fingerprint density at radius 3 is 2.74 bits per heavy atom. The van der Waals surface area contributed by atoms with Gasteiger partial charge in [-0.1, -0.05) is 36.8 Å². The van der Waals surface area contributed by atoms with E-state index in [2.05, 4.69) is 68.3 Å². The van der Waals surface area contributed by atoms with Crippen molar-refractivity contribution in [1.82, 2.24) is 24.9 Å². The van der Waals surface area contributed by atoms with Crippen molar-refractivity contribution in [1.29, 1.82) is 0 Å². The van der Waals surface area contributed by atoms with Gasteiger partial charge in [0.25, 0.3) is 0 Å². The molecule has 0 radical (unpaired) electrons. The molecule has 0 saturated carbocycles. The molecule has 31 heavy (non-hydrogen) atoms. The van der Waals surface area contributed by atoms with Gasteiger partial charge in [0.2, 0.25) is 0 Å². The summed E-state index contributed by atoms with van der Waals surface area (Å²) in [6.07, 6.45) is 7.51. The Morgan fingerprint density at radius 2 is 1.97 bits per heavy atom. The maximum Gasteiger partial charge on any atom is 0.335 e. The molecule has 5 rings (SSSR count). The number of hydrogen-bond acceptors (Lipinski definition) is 4. The molecule has 0 bridgehead atoms. The van der Waals surface area contributed by atoms with Crippen LogP contribution in [0.4, 0.5) is 0 Å². The van der Waals surface area contributed by atoms with E-state index in [0.29, 0.717) is 11.6 Å². The van der Waals surface area contributed by atoms with E-state index in [0.717, 1.165) is 5.52 Å². The van der Waals surface area contributed by atoms with Crippen LogP contribution in [-0.2, 0) is 0 Å². The summed E-state index contributed by atoms with van der Waals surface area (Å²) in [4.78, 5) is 13.1. The predicted molar refractivity (Wildman–Crippen MR) is 122 cm³/mol. The molecule has 2 aromatic carbocycles. The number of fused-ring (bicyclic) bond motifs is 2. The maximum atomic E-state index is 10.5. The lowest BCUT2D eigenvalue weighted by Gasteiger charge is -2.33. The normalized spacial score (nSPS) is 15.1. The monoisotopic (exact) mass is 419 g/mol. The second-order valence-electron chi connectivity index (χ2n) is 8.06. The average Bonchev–Trinajstić information content (AvgIpc) is 3.45. The number of aromatic nitrogens is 4. The van der Waals surface area contributed by atoms with Crippen molar-refractivity contribution in [2.45, 2.75) is 38.6 Å². The molecule has 4 aromatic rings. The lowest BCUT2D eigenvalue weighted by molar-refractivity contribution is 0.0697. The van der Waals surface area contributed by atoms with E-state index in [-0.39, 0.29) is 5.56 Å². The molecular formula is C24H29N5O2. The number of unbranched alkanes of at least 4 members (excludes halogenated alkanes) is 1. The molecule has 2 aromatic heterocycles. The van der Waals surface area contributed by atoms with Crippen molar-refractivity contribution in [3.8, 4) is 0 Å². The summed E-state index contributed by atoms with van der Waals surface area (Å²) in [6.45, 7) is 6.09. The Labute approximate surface area is 181 Å². The number of nitrogens with zero attached hydrogens (tertiary/aromatic N) is 4. The van der Waals surface area contributed by atoms with Crippen molar-refractivity contribution >= 4 is 27.9 Å². The second kappa shape index (κ2) is 9.75. The van der Waals surface area contributed by atoms with Gasteiger partial charge in [0, 0.05) is 30.8 Å². The Hall–Kier alpha value is -3.19. The number of para-hydroxylation sites is 1. The first-order valence-electron chi connectivity index (χ1n) is 11.0. The van der Waals surface area contributed by atoms with Crippen molar-refractivity contribution in [3.63, 3.8) is 0 Å². The minimum absolute atomic E-state index is 0.219. The molecule has 1 aliphatic heterocycles. The van der Waals surface area contributed by atoms with Crippen LogP contribution in [0.2, 0.25) is 0 Å². The highest BCUT2D eigenvalue weighted by Gasteiger charge is 2.20. The minimum atomic E-state index is -0.958. The molecule has 7 nitrogen and oxygen atoms in total. The number of aromatic carboxylic acids is 1. The van der Waals surface area contributed by atoms with Crippen LogP contribution in [0.5, 0.6) is 0 Å². The first-order valence-corrected chi connectivity index (χ1v) is 11.0. The van der Waals surface area contributed by atoms with Crippen LogP contribution < -0.4 is 0 Å². The fourth-order valence-electron chi connectivity index (χ4n) is 4.20. The number of rotatable bonds is 5. The molecule has 0 aliphatic carbocycles. The molecule has 0 amide bonds. The quantitative estimate of drug-likeness (QED) is 0.488. The highest BCUT2D eigenvalue weighted by atomic mass is 16.4. The lowest BCUT2D eigenvalue weighted by Crippen LogP contribution is -2.35. The summed E-state index contributed by atoms with van der Waals surface area (Å²) in [7, 11) is 0. The highest BCUT2D eigenvalue weighted by Crippen LogP contribution is 2.27. The van der Waals surface area contributed by atoms with Gasteiger partial charge in [-0.25, -0.2) is 4.79 Å². The predicted octanol–water partition coefficient (Wildman–Crippen LogP) is 4.73. The molecule has 7 heteroatoms. The van der Waals surface area contributed by atoms with E-state index in [1.165, 1.54) is 68.4 Å². The number of carboxylic acids is 1. The summed E-state index contributed by atoms with van der Waals surface area (Å²) >= 11 is 0. The zero-order valence-corrected chi connectivity index (χ0v) is 17.9. The molecular weight excluding hydrogens is 390 g/mol. The summed E-state index contributed by atoms with van der Waals surface area (Å²) in [5.74, 6) is -0.958. The third-order valence-corrected chi connectivity index (χ3v) is 5.98. The van der Waals surface area contributed by atoms with Crippen LogP contribution >= 0.6 is 0 Å². The van der Waals surface area contributed by atoms with Crippen molar-refractivity contribution in [2.24, 2.45) is 0 Å². The Kier molecular flexibility index (Phi) is 6.62.